The van der Waals surface area contributed by atoms with Crippen molar-refractivity contribution in [3.63, 3.8) is 0 Å². The average molecular weight is 254 g/mol. The lowest BCUT2D eigenvalue weighted by Gasteiger charge is -2.09. The maximum atomic E-state index is 11.6. The molecule has 0 saturated heterocycles. The highest BCUT2D eigenvalue weighted by atomic mass is 16.6. The number of nitrogens with zero attached hydrogens (tertiary/aromatic N) is 1. The molecule has 1 heterocycles. The highest BCUT2D eigenvalue weighted by Gasteiger charge is 2.24. The Morgan fingerprint density at radius 1 is 1.56 bits per heavy atom. The van der Waals surface area contributed by atoms with Crippen molar-refractivity contribution in [1.29, 1.82) is 0 Å². The standard InChI is InChI=1S/C11H14N2O5/c14-8-2-1-7(5-8)6-12-11(15)9-3-4-10(18-9)13(16)17/h3-4,7-8,14H,1-2,5-6H2,(H,12,15). The summed E-state index contributed by atoms with van der Waals surface area (Å²) < 4.78 is 4.78. The summed E-state index contributed by atoms with van der Waals surface area (Å²) in [7, 11) is 0. The highest BCUT2D eigenvalue weighted by molar-refractivity contribution is 5.91. The van der Waals surface area contributed by atoms with Gasteiger partial charge in [-0.15, -0.1) is 0 Å². The molecule has 1 aliphatic carbocycles. The van der Waals surface area contributed by atoms with Crippen molar-refractivity contribution in [3.8, 4) is 0 Å². The van der Waals surface area contributed by atoms with Gasteiger partial charge in [0.1, 0.15) is 4.92 Å². The number of rotatable bonds is 4. The number of aliphatic hydroxyl groups is 1. The number of nitro groups is 1. The van der Waals surface area contributed by atoms with Crippen molar-refractivity contribution < 1.29 is 19.2 Å². The second-order valence-corrected chi connectivity index (χ2v) is 4.44. The fourth-order valence-electron chi connectivity index (χ4n) is 2.11. The van der Waals surface area contributed by atoms with Gasteiger partial charge in [-0.1, -0.05) is 0 Å². The third-order valence-electron chi connectivity index (χ3n) is 3.06. The molecular formula is C11H14N2O5. The molecule has 2 unspecified atom stereocenters. The third-order valence-corrected chi connectivity index (χ3v) is 3.06. The molecule has 98 valence electrons. The Morgan fingerprint density at radius 3 is 2.89 bits per heavy atom. The van der Waals surface area contributed by atoms with E-state index in [4.69, 9.17) is 4.42 Å². The van der Waals surface area contributed by atoms with E-state index in [0.29, 0.717) is 13.0 Å². The van der Waals surface area contributed by atoms with Crippen molar-refractivity contribution in [3.05, 3.63) is 28.0 Å². The van der Waals surface area contributed by atoms with E-state index in [1.165, 1.54) is 6.07 Å². The normalized spacial score (nSPS) is 22.9. The predicted octanol–water partition coefficient (Wildman–Crippen LogP) is 1.08. The van der Waals surface area contributed by atoms with Crippen molar-refractivity contribution in [2.75, 3.05) is 6.54 Å². The van der Waals surface area contributed by atoms with Crippen LogP contribution < -0.4 is 5.32 Å². The second-order valence-electron chi connectivity index (χ2n) is 4.44. The van der Waals surface area contributed by atoms with Gasteiger partial charge in [0.2, 0.25) is 0 Å². The summed E-state index contributed by atoms with van der Waals surface area (Å²) in [6, 6.07) is 2.42. The Kier molecular flexibility index (Phi) is 3.61. The first-order valence-electron chi connectivity index (χ1n) is 5.76. The Bertz CT molecular complexity index is 456. The maximum absolute atomic E-state index is 11.6. The fourth-order valence-corrected chi connectivity index (χ4v) is 2.11. The predicted molar refractivity (Wildman–Crippen MR) is 61.0 cm³/mol. The zero-order valence-corrected chi connectivity index (χ0v) is 9.67. The third kappa shape index (κ3) is 2.86. The molecule has 1 fully saturated rings. The van der Waals surface area contributed by atoms with Gasteiger partial charge in [-0.2, -0.15) is 0 Å². The number of carbonyl (C=O) groups excluding carboxylic acids is 1. The lowest BCUT2D eigenvalue weighted by atomic mass is 10.1. The van der Waals surface area contributed by atoms with E-state index in [-0.39, 0.29) is 17.8 Å². The van der Waals surface area contributed by atoms with Crippen LogP contribution in [0.25, 0.3) is 0 Å². The molecule has 1 aromatic heterocycles. The molecule has 0 aromatic carbocycles. The van der Waals surface area contributed by atoms with Crippen LogP contribution in [0.1, 0.15) is 29.8 Å². The zero-order chi connectivity index (χ0) is 13.1. The summed E-state index contributed by atoms with van der Waals surface area (Å²) in [6.07, 6.45) is 2.03. The first-order valence-corrected chi connectivity index (χ1v) is 5.76. The highest BCUT2D eigenvalue weighted by Crippen LogP contribution is 2.24. The Morgan fingerprint density at radius 2 is 2.33 bits per heavy atom. The van der Waals surface area contributed by atoms with Crippen molar-refractivity contribution in [1.82, 2.24) is 5.32 Å². The smallest absolute Gasteiger partial charge is 0.395 e. The summed E-state index contributed by atoms with van der Waals surface area (Å²) in [6.45, 7) is 0.449. The first kappa shape index (κ1) is 12.6. The van der Waals surface area contributed by atoms with E-state index >= 15 is 0 Å². The van der Waals surface area contributed by atoms with Gasteiger partial charge in [-0.3, -0.25) is 14.9 Å². The molecule has 1 amide bonds. The molecule has 0 aliphatic heterocycles. The molecule has 7 heteroatoms. The molecule has 7 nitrogen and oxygen atoms in total. The molecule has 2 rings (SSSR count). The number of carbonyl (C=O) groups is 1. The SMILES string of the molecule is O=C(NCC1CCC(O)C1)c1ccc([N+](=O)[O-])o1. The van der Waals surface area contributed by atoms with Gasteiger partial charge in [-0.05, 0) is 31.2 Å². The lowest BCUT2D eigenvalue weighted by Crippen LogP contribution is -2.28. The van der Waals surface area contributed by atoms with Crippen LogP contribution in [-0.2, 0) is 0 Å². The average Bonchev–Trinajstić information content (AvgIpc) is 2.94. The van der Waals surface area contributed by atoms with E-state index in [2.05, 4.69) is 5.32 Å². The van der Waals surface area contributed by atoms with Crippen molar-refractivity contribution in [2.45, 2.75) is 25.4 Å². The number of furan rings is 1. The summed E-state index contributed by atoms with van der Waals surface area (Å²) in [5, 5.41) is 22.4. The summed E-state index contributed by atoms with van der Waals surface area (Å²) in [5.74, 6) is -0.727. The largest absolute Gasteiger partial charge is 0.433 e. The second kappa shape index (κ2) is 5.18. The van der Waals surface area contributed by atoms with E-state index in [1.807, 2.05) is 0 Å². The molecule has 0 radical (unpaired) electrons. The Hall–Kier alpha value is -1.89. The van der Waals surface area contributed by atoms with E-state index in [1.54, 1.807) is 0 Å². The molecule has 18 heavy (non-hydrogen) atoms. The minimum absolute atomic E-state index is 0.0692. The molecule has 0 spiro atoms. The van der Waals surface area contributed by atoms with Crippen molar-refractivity contribution in [2.24, 2.45) is 5.92 Å². The van der Waals surface area contributed by atoms with Gasteiger partial charge >= 0.3 is 5.88 Å². The number of hydrogen-bond donors (Lipinski definition) is 2. The van der Waals surface area contributed by atoms with Gasteiger partial charge in [0.25, 0.3) is 5.91 Å². The van der Waals surface area contributed by atoms with Crippen LogP contribution in [0.4, 0.5) is 5.88 Å². The zero-order valence-electron chi connectivity index (χ0n) is 9.67. The molecule has 1 aliphatic rings. The van der Waals surface area contributed by atoms with Crippen LogP contribution in [0.3, 0.4) is 0 Å². The Balaban J connectivity index is 1.85. The molecule has 1 aromatic rings. The number of hydrogen-bond acceptors (Lipinski definition) is 5. The van der Waals surface area contributed by atoms with Crippen LogP contribution in [0.2, 0.25) is 0 Å². The van der Waals surface area contributed by atoms with Gasteiger partial charge in [0.05, 0.1) is 12.2 Å². The summed E-state index contributed by atoms with van der Waals surface area (Å²) >= 11 is 0. The lowest BCUT2D eigenvalue weighted by molar-refractivity contribution is -0.402. The molecule has 0 bridgehead atoms. The van der Waals surface area contributed by atoms with Crippen LogP contribution in [0.15, 0.2) is 16.5 Å². The van der Waals surface area contributed by atoms with Crippen molar-refractivity contribution >= 4 is 11.8 Å². The summed E-state index contributed by atoms with van der Waals surface area (Å²) in [4.78, 5) is 21.3. The first-order chi connectivity index (χ1) is 8.56. The van der Waals surface area contributed by atoms with Crippen LogP contribution in [-0.4, -0.2) is 28.6 Å². The van der Waals surface area contributed by atoms with E-state index in [9.17, 15) is 20.0 Å². The van der Waals surface area contributed by atoms with Gasteiger partial charge < -0.3 is 14.8 Å². The Labute approximate surface area is 103 Å². The quantitative estimate of drug-likeness (QED) is 0.617. The maximum Gasteiger partial charge on any atom is 0.433 e. The summed E-state index contributed by atoms with van der Waals surface area (Å²) in [5.41, 5.74) is 0. The number of nitrogens with one attached hydrogen (secondary N) is 1. The number of amides is 1. The minimum Gasteiger partial charge on any atom is -0.395 e. The monoisotopic (exact) mass is 254 g/mol. The van der Waals surface area contributed by atoms with Gasteiger partial charge in [0, 0.05) is 6.54 Å². The van der Waals surface area contributed by atoms with Gasteiger partial charge in [-0.25, -0.2) is 0 Å². The molecular weight excluding hydrogens is 240 g/mol. The molecule has 1 saturated carbocycles. The van der Waals surface area contributed by atoms with E-state index in [0.717, 1.165) is 18.9 Å². The fraction of sp³-hybridized carbons (Fsp3) is 0.545. The van der Waals surface area contributed by atoms with E-state index < -0.39 is 16.7 Å². The topological polar surface area (TPSA) is 106 Å². The van der Waals surface area contributed by atoms with Crippen LogP contribution in [0.5, 0.6) is 0 Å². The minimum atomic E-state index is -0.690. The van der Waals surface area contributed by atoms with Crippen LogP contribution >= 0.6 is 0 Å². The number of aliphatic hydroxyl groups excluding tert-OH is 1. The van der Waals surface area contributed by atoms with Crippen LogP contribution in [0, 0.1) is 16.0 Å². The molecule has 2 atom stereocenters. The molecule has 2 N–H and O–H groups in total. The van der Waals surface area contributed by atoms with Gasteiger partial charge in [0.15, 0.2) is 5.76 Å².